The molecule has 10 heteroatoms. The zero-order valence-corrected chi connectivity index (χ0v) is 15.1. The van der Waals surface area contributed by atoms with E-state index in [2.05, 4.69) is 0 Å². The van der Waals surface area contributed by atoms with Gasteiger partial charge < -0.3 is 4.43 Å². The molecule has 0 unspecified atom stereocenters. The topological polar surface area (TPSA) is 98.8 Å². The third-order valence-electron chi connectivity index (χ3n) is 2.16. The van der Waals surface area contributed by atoms with Gasteiger partial charge >= 0.3 is 9.05 Å². The Morgan fingerprint density at radius 2 is 1.35 bits per heavy atom. The molecule has 23 heavy (non-hydrogen) atoms. The Kier molecular flexibility index (Phi) is 13.3. The van der Waals surface area contributed by atoms with Gasteiger partial charge in [0.1, 0.15) is 11.6 Å². The lowest BCUT2D eigenvalue weighted by Crippen LogP contribution is -2.49. The fraction of sp³-hybridized carbons (Fsp3) is 0.846. The predicted molar refractivity (Wildman–Crippen MR) is 79.4 cm³/mol. The molecular formula is C13H26O9Si. The standard InChI is InChI=1S/C13H26O9Si/c1-5-16-20-23(21-17-6-2,22-18-7-3)19-10-8-9-13(15)11-12(4)14/h5-11H2,1-4H3. The average Bonchev–Trinajstić information content (AvgIpc) is 2.51. The van der Waals surface area contributed by atoms with Gasteiger partial charge in [-0.15, -0.1) is 0 Å². The molecule has 0 spiro atoms. The van der Waals surface area contributed by atoms with Crippen molar-refractivity contribution in [3.05, 3.63) is 0 Å². The van der Waals surface area contributed by atoms with E-state index in [1.165, 1.54) is 6.92 Å². The highest BCUT2D eigenvalue weighted by molar-refractivity contribution is 6.52. The molecule has 0 saturated heterocycles. The van der Waals surface area contributed by atoms with Crippen molar-refractivity contribution in [2.24, 2.45) is 0 Å². The number of Topliss-reactive ketones (excluding diaryl/α,β-unsaturated/α-hetero) is 2. The van der Waals surface area contributed by atoms with Crippen molar-refractivity contribution < 1.29 is 42.4 Å². The minimum Gasteiger partial charge on any atom is -0.347 e. The van der Waals surface area contributed by atoms with E-state index < -0.39 is 9.05 Å². The molecule has 0 heterocycles. The Balaban J connectivity index is 4.45. The van der Waals surface area contributed by atoms with Crippen molar-refractivity contribution in [3.63, 3.8) is 0 Å². The third-order valence-corrected chi connectivity index (χ3v) is 3.69. The molecule has 0 radical (unpaired) electrons. The lowest BCUT2D eigenvalue weighted by Gasteiger charge is -2.23. The Morgan fingerprint density at radius 1 is 0.870 bits per heavy atom. The number of rotatable bonds is 16. The summed E-state index contributed by atoms with van der Waals surface area (Å²) < 4.78 is 20.6. The van der Waals surface area contributed by atoms with E-state index in [0.29, 0.717) is 6.42 Å². The van der Waals surface area contributed by atoms with Crippen molar-refractivity contribution >= 4 is 20.6 Å². The summed E-state index contributed by atoms with van der Waals surface area (Å²) in [4.78, 5) is 36.8. The number of hydrogen-bond acceptors (Lipinski definition) is 9. The highest BCUT2D eigenvalue weighted by Gasteiger charge is 2.52. The zero-order chi connectivity index (χ0) is 17.6. The molecule has 0 bridgehead atoms. The van der Waals surface area contributed by atoms with Gasteiger partial charge in [0.05, 0.1) is 26.2 Å². The van der Waals surface area contributed by atoms with Crippen LogP contribution in [0.1, 0.15) is 47.0 Å². The van der Waals surface area contributed by atoms with Crippen LogP contribution in [-0.4, -0.2) is 47.0 Å². The van der Waals surface area contributed by atoms with Gasteiger partial charge in [0.25, 0.3) is 0 Å². The molecule has 0 aromatic rings. The van der Waals surface area contributed by atoms with Crippen LogP contribution < -0.4 is 0 Å². The summed E-state index contributed by atoms with van der Waals surface area (Å²) in [6, 6.07) is 0. The largest absolute Gasteiger partial charge is 0.764 e. The van der Waals surface area contributed by atoms with Crippen molar-refractivity contribution in [2.45, 2.75) is 47.0 Å². The van der Waals surface area contributed by atoms with Crippen LogP contribution in [0.25, 0.3) is 0 Å². The summed E-state index contributed by atoms with van der Waals surface area (Å²) >= 11 is 0. The Labute approximate surface area is 137 Å². The van der Waals surface area contributed by atoms with Crippen LogP contribution in [0, 0.1) is 0 Å². The predicted octanol–water partition coefficient (Wildman–Crippen LogP) is 1.67. The minimum atomic E-state index is -3.81. The third kappa shape index (κ3) is 11.5. The van der Waals surface area contributed by atoms with Crippen molar-refractivity contribution in [1.82, 2.24) is 0 Å². The van der Waals surface area contributed by atoms with Crippen LogP contribution >= 0.6 is 0 Å². The van der Waals surface area contributed by atoms with Gasteiger partial charge in [-0.3, -0.25) is 9.59 Å². The van der Waals surface area contributed by atoms with E-state index in [9.17, 15) is 9.59 Å². The second-order valence-electron chi connectivity index (χ2n) is 4.34. The number of hydrogen-bond donors (Lipinski definition) is 0. The SMILES string of the molecule is CCOO[Si](OCCCC(=O)CC(C)=O)(OOCC)OOCC. The summed E-state index contributed by atoms with van der Waals surface area (Å²) in [5.74, 6) is -0.325. The van der Waals surface area contributed by atoms with E-state index >= 15 is 0 Å². The minimum absolute atomic E-state index is 0.0804. The van der Waals surface area contributed by atoms with Crippen LogP contribution in [0.2, 0.25) is 0 Å². The lowest BCUT2D eigenvalue weighted by molar-refractivity contribution is -0.385. The van der Waals surface area contributed by atoms with Crippen LogP contribution in [0.15, 0.2) is 0 Å². The van der Waals surface area contributed by atoms with Crippen molar-refractivity contribution in [1.29, 1.82) is 0 Å². The fourth-order valence-corrected chi connectivity index (χ4v) is 2.75. The molecule has 9 nitrogen and oxygen atoms in total. The lowest BCUT2D eigenvalue weighted by atomic mass is 10.1. The van der Waals surface area contributed by atoms with Crippen molar-refractivity contribution in [2.75, 3.05) is 26.4 Å². The van der Waals surface area contributed by atoms with Gasteiger partial charge in [-0.1, -0.05) is 0 Å². The maximum atomic E-state index is 11.5. The first kappa shape index (κ1) is 22.3. The molecule has 0 rings (SSSR count). The van der Waals surface area contributed by atoms with E-state index in [-0.39, 0.29) is 50.8 Å². The molecule has 0 aliphatic rings. The van der Waals surface area contributed by atoms with Crippen LogP contribution in [0.5, 0.6) is 0 Å². The van der Waals surface area contributed by atoms with Gasteiger partial charge in [0.15, 0.2) is 0 Å². The first-order valence-electron chi connectivity index (χ1n) is 7.56. The maximum Gasteiger partial charge on any atom is 0.764 e. The molecule has 0 fully saturated rings. The van der Waals surface area contributed by atoms with Gasteiger partial charge in [0.2, 0.25) is 0 Å². The summed E-state index contributed by atoms with van der Waals surface area (Å²) in [5.41, 5.74) is 0. The second-order valence-corrected chi connectivity index (χ2v) is 6.13. The van der Waals surface area contributed by atoms with Crippen LogP contribution in [0.3, 0.4) is 0 Å². The van der Waals surface area contributed by atoms with Gasteiger partial charge in [-0.2, -0.15) is 13.7 Å². The molecule has 0 amide bonds. The van der Waals surface area contributed by atoms with Gasteiger partial charge in [0, 0.05) is 13.0 Å². The first-order chi connectivity index (χ1) is 11.0. The molecule has 0 saturated carbocycles. The maximum absolute atomic E-state index is 11.5. The fourth-order valence-electron chi connectivity index (χ4n) is 1.34. The molecular weight excluding hydrogens is 328 g/mol. The highest BCUT2D eigenvalue weighted by atomic mass is 28.4. The van der Waals surface area contributed by atoms with E-state index in [0.717, 1.165) is 0 Å². The Hall–Kier alpha value is -0.723. The average molecular weight is 354 g/mol. The van der Waals surface area contributed by atoms with E-state index in [1.807, 2.05) is 0 Å². The molecule has 0 aliphatic carbocycles. The first-order valence-corrected chi connectivity index (χ1v) is 9.19. The van der Waals surface area contributed by atoms with Gasteiger partial charge in [-0.25, -0.2) is 14.7 Å². The molecule has 0 N–H and O–H groups in total. The zero-order valence-electron chi connectivity index (χ0n) is 14.1. The monoisotopic (exact) mass is 354 g/mol. The number of ketones is 2. The summed E-state index contributed by atoms with van der Waals surface area (Å²) in [7, 11) is -3.81. The molecule has 136 valence electrons. The second kappa shape index (κ2) is 13.7. The molecule has 0 atom stereocenters. The summed E-state index contributed by atoms with van der Waals surface area (Å²) in [5, 5.41) is 0. The van der Waals surface area contributed by atoms with Crippen LogP contribution in [-0.2, 0) is 42.4 Å². The molecule has 0 aromatic carbocycles. The number of carbonyl (C=O) groups is 2. The number of carbonyl (C=O) groups excluding carboxylic acids is 2. The Morgan fingerprint density at radius 3 is 1.74 bits per heavy atom. The molecule has 0 aliphatic heterocycles. The quantitative estimate of drug-likeness (QED) is 0.135. The van der Waals surface area contributed by atoms with Crippen LogP contribution in [0.4, 0.5) is 0 Å². The Bertz CT molecular complexity index is 316. The highest BCUT2D eigenvalue weighted by Crippen LogP contribution is 2.15. The van der Waals surface area contributed by atoms with Crippen molar-refractivity contribution in [3.8, 4) is 0 Å². The summed E-state index contributed by atoms with van der Waals surface area (Å²) in [6.07, 6.45) is 0.478. The van der Waals surface area contributed by atoms with E-state index in [4.69, 9.17) is 32.8 Å². The molecule has 0 aromatic heterocycles. The smallest absolute Gasteiger partial charge is 0.347 e. The van der Waals surface area contributed by atoms with E-state index in [1.54, 1.807) is 20.8 Å². The summed E-state index contributed by atoms with van der Waals surface area (Å²) in [6.45, 7) is 7.29. The normalized spacial score (nSPS) is 11.7. The van der Waals surface area contributed by atoms with Gasteiger partial charge in [-0.05, 0) is 34.1 Å².